The van der Waals surface area contributed by atoms with Gasteiger partial charge in [0.1, 0.15) is 0 Å². The zero-order chi connectivity index (χ0) is 10.7. The highest BCUT2D eigenvalue weighted by molar-refractivity contribution is 6.64. The van der Waals surface area contributed by atoms with Crippen LogP contribution in [0.15, 0.2) is 0 Å². The SMILES string of the molecule is Cl.O=C(Cl)C1CCCCN1N1CCCCC1. The molecule has 5 heteroatoms. The Labute approximate surface area is 108 Å². The van der Waals surface area contributed by atoms with Crippen molar-refractivity contribution in [2.75, 3.05) is 19.6 Å². The molecule has 2 heterocycles. The highest BCUT2D eigenvalue weighted by Crippen LogP contribution is 2.23. The number of rotatable bonds is 2. The van der Waals surface area contributed by atoms with E-state index in [-0.39, 0.29) is 23.7 Å². The summed E-state index contributed by atoms with van der Waals surface area (Å²) in [6, 6.07) is -0.0569. The predicted molar refractivity (Wildman–Crippen MR) is 67.9 cm³/mol. The normalized spacial score (nSPS) is 28.4. The van der Waals surface area contributed by atoms with Gasteiger partial charge in [-0.15, -0.1) is 12.4 Å². The Bertz CT molecular complexity index is 232. The van der Waals surface area contributed by atoms with Crippen LogP contribution in [0, 0.1) is 0 Å². The Balaban J connectivity index is 0.00000128. The molecule has 0 aromatic heterocycles. The van der Waals surface area contributed by atoms with Crippen molar-refractivity contribution in [1.82, 2.24) is 10.0 Å². The topological polar surface area (TPSA) is 23.6 Å². The van der Waals surface area contributed by atoms with Crippen molar-refractivity contribution in [3.05, 3.63) is 0 Å². The molecule has 0 bridgehead atoms. The summed E-state index contributed by atoms with van der Waals surface area (Å²) >= 11 is 5.66. The highest BCUT2D eigenvalue weighted by Gasteiger charge is 2.31. The molecule has 3 nitrogen and oxygen atoms in total. The minimum atomic E-state index is -0.180. The van der Waals surface area contributed by atoms with Gasteiger partial charge in [-0.2, -0.15) is 0 Å². The number of nitrogens with zero attached hydrogens (tertiary/aromatic N) is 2. The molecule has 16 heavy (non-hydrogen) atoms. The molecule has 2 saturated heterocycles. The molecule has 0 aliphatic carbocycles. The first kappa shape index (κ1) is 14.2. The zero-order valence-corrected chi connectivity index (χ0v) is 11.1. The summed E-state index contributed by atoms with van der Waals surface area (Å²) in [6.07, 6.45) is 7.08. The van der Waals surface area contributed by atoms with Crippen LogP contribution in [-0.4, -0.2) is 40.9 Å². The van der Waals surface area contributed by atoms with Gasteiger partial charge in [0.25, 0.3) is 0 Å². The van der Waals surface area contributed by atoms with E-state index in [0.29, 0.717) is 0 Å². The molecule has 2 rings (SSSR count). The van der Waals surface area contributed by atoms with Gasteiger partial charge >= 0.3 is 0 Å². The van der Waals surface area contributed by atoms with Crippen molar-refractivity contribution in [2.24, 2.45) is 0 Å². The third kappa shape index (κ3) is 3.33. The standard InChI is InChI=1S/C11H19ClN2O.ClH/c12-11(15)10-6-2-5-9-14(10)13-7-3-1-4-8-13;/h10H,1-9H2;1H. The number of piperidine rings is 2. The van der Waals surface area contributed by atoms with Gasteiger partial charge in [-0.25, -0.2) is 10.0 Å². The molecule has 0 radical (unpaired) electrons. The monoisotopic (exact) mass is 266 g/mol. The van der Waals surface area contributed by atoms with Crippen LogP contribution >= 0.6 is 24.0 Å². The van der Waals surface area contributed by atoms with E-state index in [1.165, 1.54) is 25.7 Å². The van der Waals surface area contributed by atoms with E-state index in [2.05, 4.69) is 10.0 Å². The average Bonchev–Trinajstić information content (AvgIpc) is 2.30. The smallest absolute Gasteiger partial charge is 0.240 e. The number of hydrazine groups is 1. The number of hydrogen-bond donors (Lipinski definition) is 0. The van der Waals surface area contributed by atoms with Gasteiger partial charge in [-0.3, -0.25) is 4.79 Å². The summed E-state index contributed by atoms with van der Waals surface area (Å²) in [6.45, 7) is 3.20. The van der Waals surface area contributed by atoms with Crippen LogP contribution in [0.1, 0.15) is 38.5 Å². The fraction of sp³-hybridized carbons (Fsp3) is 0.909. The molecule has 0 N–H and O–H groups in total. The minimum Gasteiger partial charge on any atom is -0.279 e. The maximum Gasteiger partial charge on any atom is 0.240 e. The van der Waals surface area contributed by atoms with Crippen LogP contribution in [0.3, 0.4) is 0 Å². The summed E-state index contributed by atoms with van der Waals surface area (Å²) in [5.41, 5.74) is 0. The summed E-state index contributed by atoms with van der Waals surface area (Å²) in [7, 11) is 0. The average molecular weight is 267 g/mol. The second-order valence-electron chi connectivity index (χ2n) is 4.49. The summed E-state index contributed by atoms with van der Waals surface area (Å²) in [5.74, 6) is 0. The molecular formula is C11H20Cl2N2O. The van der Waals surface area contributed by atoms with Gasteiger partial charge in [0, 0.05) is 19.6 Å². The van der Waals surface area contributed by atoms with E-state index in [1.54, 1.807) is 0 Å². The predicted octanol–water partition coefficient (Wildman–Crippen LogP) is 2.43. The van der Waals surface area contributed by atoms with Gasteiger partial charge in [0.2, 0.25) is 5.24 Å². The molecule has 2 aliphatic heterocycles. The quantitative estimate of drug-likeness (QED) is 0.718. The largest absolute Gasteiger partial charge is 0.279 e. The zero-order valence-electron chi connectivity index (χ0n) is 9.53. The van der Waals surface area contributed by atoms with E-state index >= 15 is 0 Å². The summed E-state index contributed by atoms with van der Waals surface area (Å²) in [4.78, 5) is 11.3. The first-order valence-electron chi connectivity index (χ1n) is 6.00. The van der Waals surface area contributed by atoms with Crippen molar-refractivity contribution >= 4 is 29.3 Å². The molecular weight excluding hydrogens is 247 g/mol. The second kappa shape index (κ2) is 6.80. The Hall–Kier alpha value is 0.170. The Morgan fingerprint density at radius 1 is 1.00 bits per heavy atom. The van der Waals surface area contributed by atoms with Gasteiger partial charge in [0.05, 0.1) is 6.04 Å². The number of hydrogen-bond acceptors (Lipinski definition) is 3. The fourth-order valence-electron chi connectivity index (χ4n) is 2.62. The van der Waals surface area contributed by atoms with E-state index < -0.39 is 0 Å². The first-order chi connectivity index (χ1) is 7.29. The molecule has 0 amide bonds. The summed E-state index contributed by atoms with van der Waals surface area (Å²) in [5, 5.41) is 4.38. The lowest BCUT2D eigenvalue weighted by atomic mass is 10.0. The Morgan fingerprint density at radius 3 is 2.25 bits per heavy atom. The lowest BCUT2D eigenvalue weighted by Gasteiger charge is -2.43. The molecule has 2 fully saturated rings. The van der Waals surface area contributed by atoms with Gasteiger partial charge < -0.3 is 0 Å². The fourth-order valence-corrected chi connectivity index (χ4v) is 2.84. The molecule has 94 valence electrons. The van der Waals surface area contributed by atoms with E-state index in [9.17, 15) is 4.79 Å². The molecule has 0 saturated carbocycles. The van der Waals surface area contributed by atoms with Crippen LogP contribution in [0.25, 0.3) is 0 Å². The van der Waals surface area contributed by atoms with Crippen LogP contribution in [0.2, 0.25) is 0 Å². The maximum atomic E-state index is 11.3. The Kier molecular flexibility index (Phi) is 6.05. The number of carbonyl (C=O) groups is 1. The van der Waals surface area contributed by atoms with E-state index in [4.69, 9.17) is 11.6 Å². The second-order valence-corrected chi connectivity index (χ2v) is 4.87. The molecule has 2 aliphatic rings. The van der Waals surface area contributed by atoms with Crippen LogP contribution in [0.5, 0.6) is 0 Å². The highest BCUT2D eigenvalue weighted by atomic mass is 35.5. The van der Waals surface area contributed by atoms with Crippen molar-refractivity contribution in [2.45, 2.75) is 44.6 Å². The summed E-state index contributed by atoms with van der Waals surface area (Å²) < 4.78 is 0. The maximum absolute atomic E-state index is 11.3. The molecule has 0 aromatic carbocycles. The lowest BCUT2D eigenvalue weighted by Crippen LogP contribution is -2.54. The van der Waals surface area contributed by atoms with Crippen molar-refractivity contribution < 1.29 is 4.79 Å². The Morgan fingerprint density at radius 2 is 1.62 bits per heavy atom. The third-order valence-corrected chi connectivity index (χ3v) is 3.68. The number of halogens is 2. The van der Waals surface area contributed by atoms with Gasteiger partial charge in [0.15, 0.2) is 0 Å². The van der Waals surface area contributed by atoms with Crippen molar-refractivity contribution in [1.29, 1.82) is 0 Å². The van der Waals surface area contributed by atoms with E-state index in [1.807, 2.05) is 0 Å². The molecule has 0 spiro atoms. The number of carbonyl (C=O) groups excluding carboxylic acids is 1. The minimum absolute atomic E-state index is 0. The molecule has 1 unspecified atom stereocenters. The third-order valence-electron chi connectivity index (χ3n) is 3.43. The van der Waals surface area contributed by atoms with Crippen LogP contribution in [-0.2, 0) is 4.79 Å². The van der Waals surface area contributed by atoms with Gasteiger partial charge in [-0.05, 0) is 37.3 Å². The molecule has 0 aromatic rings. The van der Waals surface area contributed by atoms with Crippen LogP contribution in [0.4, 0.5) is 0 Å². The van der Waals surface area contributed by atoms with Crippen LogP contribution < -0.4 is 0 Å². The first-order valence-corrected chi connectivity index (χ1v) is 6.37. The molecule has 1 atom stereocenters. The van der Waals surface area contributed by atoms with Gasteiger partial charge in [-0.1, -0.05) is 12.8 Å². The van der Waals surface area contributed by atoms with Crippen molar-refractivity contribution in [3.8, 4) is 0 Å². The lowest BCUT2D eigenvalue weighted by molar-refractivity contribution is -0.133. The van der Waals surface area contributed by atoms with E-state index in [0.717, 1.165) is 32.5 Å². The van der Waals surface area contributed by atoms with Crippen molar-refractivity contribution in [3.63, 3.8) is 0 Å².